The predicted octanol–water partition coefficient (Wildman–Crippen LogP) is 1.25. The topological polar surface area (TPSA) is 28.7 Å². The van der Waals surface area contributed by atoms with E-state index in [1.54, 1.807) is 6.08 Å². The second-order valence-electron chi connectivity index (χ2n) is 3.37. The maximum Gasteiger partial charge on any atom is 0.225 e. The molecule has 0 bridgehead atoms. The molecule has 1 N–H and O–H groups in total. The van der Waals surface area contributed by atoms with Crippen molar-refractivity contribution in [2.45, 2.75) is 0 Å². The highest BCUT2D eigenvalue weighted by Crippen LogP contribution is 2.12. The average Bonchev–Trinajstić information content (AvgIpc) is 2.32. The first-order chi connectivity index (χ1) is 5.04. The van der Waals surface area contributed by atoms with E-state index in [2.05, 4.69) is 37.7 Å². The van der Waals surface area contributed by atoms with Gasteiger partial charge in [0.15, 0.2) is 0 Å². The molecule has 11 heavy (non-hydrogen) atoms. The highest BCUT2D eigenvalue weighted by molar-refractivity contribution is 5.42. The molecule has 0 saturated carbocycles. The van der Waals surface area contributed by atoms with Crippen molar-refractivity contribution in [2.75, 3.05) is 21.1 Å². The summed E-state index contributed by atoms with van der Waals surface area (Å²) in [6, 6.07) is 0. The normalized spacial score (nSPS) is 11.5. The summed E-state index contributed by atoms with van der Waals surface area (Å²) >= 11 is 0. The Morgan fingerprint density at radius 2 is 2.18 bits per heavy atom. The summed E-state index contributed by atoms with van der Waals surface area (Å²) in [6.45, 7) is 3.63. The number of aromatic amines is 1. The Bertz CT molecular complexity index is 255. The van der Waals surface area contributed by atoms with Gasteiger partial charge in [-0.3, -0.25) is 9.47 Å². The minimum atomic E-state index is 0.751. The molecule has 0 fully saturated rings. The number of quaternary nitrogens is 1. The molecule has 0 aromatic carbocycles. The van der Waals surface area contributed by atoms with Crippen LogP contribution in [0.2, 0.25) is 0 Å². The van der Waals surface area contributed by atoms with Gasteiger partial charge in [-0.25, -0.2) is 4.98 Å². The molecule has 0 aliphatic rings. The molecular formula is C8H14N3+. The zero-order valence-electron chi connectivity index (χ0n) is 7.26. The van der Waals surface area contributed by atoms with Crippen molar-refractivity contribution in [2.24, 2.45) is 0 Å². The molecule has 0 aliphatic heterocycles. The minimum absolute atomic E-state index is 0.751. The lowest BCUT2D eigenvalue weighted by atomic mass is 10.6. The molecule has 0 atom stereocenters. The number of hydrogen-bond donors (Lipinski definition) is 1. The van der Waals surface area contributed by atoms with Gasteiger partial charge in [-0.1, -0.05) is 6.58 Å². The van der Waals surface area contributed by atoms with Crippen molar-refractivity contribution in [1.82, 2.24) is 14.5 Å². The Morgan fingerprint density at radius 1 is 1.55 bits per heavy atom. The van der Waals surface area contributed by atoms with Crippen molar-refractivity contribution in [3.63, 3.8) is 0 Å². The van der Waals surface area contributed by atoms with Crippen LogP contribution < -0.4 is 4.48 Å². The summed E-state index contributed by atoms with van der Waals surface area (Å²) in [6.07, 6.45) is 3.54. The second kappa shape index (κ2) is 2.51. The van der Waals surface area contributed by atoms with E-state index in [1.807, 2.05) is 6.20 Å². The van der Waals surface area contributed by atoms with Crippen LogP contribution >= 0.6 is 0 Å². The van der Waals surface area contributed by atoms with E-state index in [1.165, 1.54) is 0 Å². The first-order valence-electron chi connectivity index (χ1n) is 3.53. The second-order valence-corrected chi connectivity index (χ2v) is 3.37. The number of hydrogen-bond acceptors (Lipinski definition) is 1. The SMILES string of the molecule is C=Cc1ncc([N+](C)(C)C)[nH]1. The average molecular weight is 152 g/mol. The Hall–Kier alpha value is -1.09. The number of H-pyrrole nitrogens is 1. The van der Waals surface area contributed by atoms with Crippen LogP contribution in [0, 0.1) is 0 Å². The molecule has 1 aromatic heterocycles. The van der Waals surface area contributed by atoms with Crippen LogP contribution in [0.5, 0.6) is 0 Å². The van der Waals surface area contributed by atoms with Crippen LogP contribution in [-0.4, -0.2) is 31.1 Å². The third-order valence-electron chi connectivity index (χ3n) is 1.50. The van der Waals surface area contributed by atoms with Crippen LogP contribution in [0.3, 0.4) is 0 Å². The van der Waals surface area contributed by atoms with Crippen molar-refractivity contribution in [3.8, 4) is 0 Å². The van der Waals surface area contributed by atoms with E-state index in [-0.39, 0.29) is 0 Å². The zero-order valence-corrected chi connectivity index (χ0v) is 7.26. The first-order valence-corrected chi connectivity index (χ1v) is 3.53. The lowest BCUT2D eigenvalue weighted by Gasteiger charge is -2.19. The number of nitrogens with one attached hydrogen (secondary N) is 1. The molecule has 1 heterocycles. The lowest BCUT2D eigenvalue weighted by Crippen LogP contribution is -2.35. The van der Waals surface area contributed by atoms with Crippen molar-refractivity contribution in [1.29, 1.82) is 0 Å². The number of nitrogens with zero attached hydrogens (tertiary/aromatic N) is 2. The van der Waals surface area contributed by atoms with E-state index >= 15 is 0 Å². The molecule has 0 amide bonds. The highest BCUT2D eigenvalue weighted by atomic mass is 15.3. The Balaban J connectivity index is 2.98. The van der Waals surface area contributed by atoms with Crippen LogP contribution in [0.1, 0.15) is 5.82 Å². The van der Waals surface area contributed by atoms with Gasteiger partial charge in [-0.15, -0.1) is 0 Å². The third-order valence-corrected chi connectivity index (χ3v) is 1.50. The number of aromatic nitrogens is 2. The Morgan fingerprint density at radius 3 is 2.45 bits per heavy atom. The fourth-order valence-electron chi connectivity index (χ4n) is 0.771. The summed E-state index contributed by atoms with van der Waals surface area (Å²) in [4.78, 5) is 7.26. The molecule has 0 spiro atoms. The van der Waals surface area contributed by atoms with Crippen LogP contribution in [0.15, 0.2) is 12.8 Å². The first kappa shape index (κ1) is 8.01. The van der Waals surface area contributed by atoms with E-state index in [9.17, 15) is 0 Å². The molecule has 3 heteroatoms. The number of rotatable bonds is 2. The predicted molar refractivity (Wildman–Crippen MR) is 48.2 cm³/mol. The Labute approximate surface area is 67.0 Å². The molecule has 1 rings (SSSR count). The molecule has 0 radical (unpaired) electrons. The van der Waals surface area contributed by atoms with Gasteiger partial charge in [0.2, 0.25) is 5.82 Å². The van der Waals surface area contributed by atoms with Gasteiger partial charge >= 0.3 is 0 Å². The van der Waals surface area contributed by atoms with Crippen LogP contribution in [-0.2, 0) is 0 Å². The quantitative estimate of drug-likeness (QED) is 0.635. The van der Waals surface area contributed by atoms with Crippen molar-refractivity contribution in [3.05, 3.63) is 18.6 Å². The fourth-order valence-corrected chi connectivity index (χ4v) is 0.771. The summed E-state index contributed by atoms with van der Waals surface area (Å²) in [5.74, 6) is 1.91. The minimum Gasteiger partial charge on any atom is -0.294 e. The van der Waals surface area contributed by atoms with Gasteiger partial charge in [0, 0.05) is 0 Å². The third kappa shape index (κ3) is 1.68. The van der Waals surface area contributed by atoms with E-state index in [4.69, 9.17) is 0 Å². The van der Waals surface area contributed by atoms with Gasteiger partial charge in [0.05, 0.1) is 21.1 Å². The lowest BCUT2D eigenvalue weighted by molar-refractivity contribution is 0.475. The number of imidazole rings is 1. The van der Waals surface area contributed by atoms with Crippen molar-refractivity contribution < 1.29 is 0 Å². The molecule has 60 valence electrons. The maximum atomic E-state index is 4.11. The van der Waals surface area contributed by atoms with Crippen LogP contribution in [0.4, 0.5) is 5.82 Å². The monoisotopic (exact) mass is 152 g/mol. The molecule has 0 unspecified atom stereocenters. The van der Waals surface area contributed by atoms with Gasteiger partial charge in [0.25, 0.3) is 0 Å². The molecule has 0 aliphatic carbocycles. The Kier molecular flexibility index (Phi) is 1.83. The van der Waals surface area contributed by atoms with Gasteiger partial charge in [-0.05, 0) is 6.08 Å². The summed E-state index contributed by atoms with van der Waals surface area (Å²) in [7, 11) is 6.25. The maximum absolute atomic E-state index is 4.11. The summed E-state index contributed by atoms with van der Waals surface area (Å²) < 4.78 is 0.751. The standard InChI is InChI=1S/C8H14N3/c1-5-7-9-6-8(10-7)11(2,3)4/h5-6H,1H2,2-4H3,(H,9,10)/q+1. The molecular weight excluding hydrogens is 138 g/mol. The van der Waals surface area contributed by atoms with Crippen LogP contribution in [0.25, 0.3) is 6.08 Å². The summed E-state index contributed by atoms with van der Waals surface area (Å²) in [5, 5.41) is 0. The van der Waals surface area contributed by atoms with Gasteiger partial charge in [0.1, 0.15) is 12.0 Å². The van der Waals surface area contributed by atoms with Crippen molar-refractivity contribution >= 4 is 11.9 Å². The van der Waals surface area contributed by atoms with Gasteiger partial charge in [-0.2, -0.15) is 0 Å². The smallest absolute Gasteiger partial charge is 0.225 e. The molecule has 0 saturated heterocycles. The molecule has 3 nitrogen and oxygen atoms in total. The molecule has 1 aromatic rings. The van der Waals surface area contributed by atoms with E-state index in [0.717, 1.165) is 16.1 Å². The largest absolute Gasteiger partial charge is 0.294 e. The van der Waals surface area contributed by atoms with E-state index in [0.29, 0.717) is 0 Å². The van der Waals surface area contributed by atoms with E-state index < -0.39 is 0 Å². The van der Waals surface area contributed by atoms with Gasteiger partial charge < -0.3 is 0 Å². The zero-order chi connectivity index (χ0) is 8.48. The highest BCUT2D eigenvalue weighted by Gasteiger charge is 2.13. The summed E-state index contributed by atoms with van der Waals surface area (Å²) in [5.41, 5.74) is 0. The fraction of sp³-hybridized carbons (Fsp3) is 0.375.